The minimum absolute atomic E-state index is 0.0434. The first kappa shape index (κ1) is 11.0. The van der Waals surface area contributed by atoms with Gasteiger partial charge in [-0.1, -0.05) is 11.3 Å². The zero-order chi connectivity index (χ0) is 12.5. The van der Waals surface area contributed by atoms with E-state index in [2.05, 4.69) is 20.4 Å². The van der Waals surface area contributed by atoms with E-state index in [1.807, 2.05) is 13.0 Å². The highest BCUT2D eigenvalue weighted by Crippen LogP contribution is 2.15. The molecular weight excluding hydrogens is 250 g/mol. The summed E-state index contributed by atoms with van der Waals surface area (Å²) in [7, 11) is 0. The van der Waals surface area contributed by atoms with Gasteiger partial charge < -0.3 is 10.3 Å². The molecule has 3 aromatic heterocycles. The lowest BCUT2D eigenvalue weighted by Crippen LogP contribution is -2.05. The van der Waals surface area contributed by atoms with Gasteiger partial charge in [-0.3, -0.25) is 4.79 Å². The van der Waals surface area contributed by atoms with Crippen LogP contribution in [0.4, 0.5) is 5.82 Å². The van der Waals surface area contributed by atoms with Crippen LogP contribution in [0.1, 0.15) is 11.4 Å². The summed E-state index contributed by atoms with van der Waals surface area (Å²) in [6, 6.07) is 1.96. The molecule has 6 nitrogen and oxygen atoms in total. The van der Waals surface area contributed by atoms with E-state index in [0.29, 0.717) is 6.54 Å². The molecule has 0 aliphatic carbocycles. The number of hydrogen-bond donors (Lipinski definition) is 2. The molecule has 0 saturated heterocycles. The summed E-state index contributed by atoms with van der Waals surface area (Å²) in [6.45, 7) is 2.47. The molecule has 0 bridgehead atoms. The molecule has 0 atom stereocenters. The molecule has 3 rings (SSSR count). The summed E-state index contributed by atoms with van der Waals surface area (Å²) < 4.78 is 1.78. The van der Waals surface area contributed by atoms with E-state index >= 15 is 0 Å². The largest absolute Gasteiger partial charge is 0.363 e. The lowest BCUT2D eigenvalue weighted by atomic mass is 10.4. The topological polar surface area (TPSA) is 75.1 Å². The third kappa shape index (κ3) is 2.00. The smallest absolute Gasteiger partial charge is 0.304 e. The highest BCUT2D eigenvalue weighted by atomic mass is 32.1. The fourth-order valence-electron chi connectivity index (χ4n) is 1.76. The van der Waals surface area contributed by atoms with Gasteiger partial charge in [0.2, 0.25) is 0 Å². The van der Waals surface area contributed by atoms with Crippen LogP contribution in [0.25, 0.3) is 5.52 Å². The number of nitrogens with zero attached hydrogens (tertiary/aromatic N) is 3. The highest BCUT2D eigenvalue weighted by Gasteiger charge is 2.05. The Kier molecular flexibility index (Phi) is 2.60. The molecule has 0 unspecified atom stereocenters. The fourth-order valence-corrected chi connectivity index (χ4v) is 2.34. The minimum atomic E-state index is -0.0434. The van der Waals surface area contributed by atoms with Crippen LogP contribution in [0.2, 0.25) is 0 Å². The van der Waals surface area contributed by atoms with Crippen LogP contribution in [0.5, 0.6) is 0 Å². The average Bonchev–Trinajstić information content (AvgIpc) is 2.91. The number of anilines is 1. The number of aromatic nitrogens is 4. The van der Waals surface area contributed by atoms with E-state index in [0.717, 1.165) is 34.1 Å². The van der Waals surface area contributed by atoms with E-state index in [1.54, 1.807) is 22.3 Å². The van der Waals surface area contributed by atoms with Crippen LogP contribution < -0.4 is 10.2 Å². The van der Waals surface area contributed by atoms with Crippen LogP contribution in [0.15, 0.2) is 28.6 Å². The lowest BCUT2D eigenvalue weighted by Gasteiger charge is -2.04. The highest BCUT2D eigenvalue weighted by molar-refractivity contribution is 7.07. The maximum absolute atomic E-state index is 11.0. The number of aromatic amines is 1. The van der Waals surface area contributed by atoms with Crippen molar-refractivity contribution in [2.45, 2.75) is 13.5 Å². The summed E-state index contributed by atoms with van der Waals surface area (Å²) in [5.41, 5.74) is 2.72. The standard InChI is InChI=1S/C11H11N5OS/c1-7-4-9-10(12-2-3-16(9)15-7)13-5-8-6-18-11(17)14-8/h2-4,6H,5H2,1H3,(H,12,13)(H,14,17). The van der Waals surface area contributed by atoms with Gasteiger partial charge in [-0.2, -0.15) is 5.10 Å². The first-order valence-electron chi connectivity index (χ1n) is 5.44. The van der Waals surface area contributed by atoms with Crippen molar-refractivity contribution in [3.8, 4) is 0 Å². The predicted molar refractivity (Wildman–Crippen MR) is 70.0 cm³/mol. The molecule has 0 saturated carbocycles. The minimum Gasteiger partial charge on any atom is -0.363 e. The Labute approximate surface area is 106 Å². The van der Waals surface area contributed by atoms with Gasteiger partial charge in [0.1, 0.15) is 5.52 Å². The normalized spacial score (nSPS) is 10.9. The molecule has 0 fully saturated rings. The van der Waals surface area contributed by atoms with E-state index in [9.17, 15) is 4.79 Å². The summed E-state index contributed by atoms with van der Waals surface area (Å²) in [5.74, 6) is 0.755. The number of H-pyrrole nitrogens is 1. The summed E-state index contributed by atoms with van der Waals surface area (Å²) in [6.07, 6.45) is 3.50. The molecule has 2 N–H and O–H groups in total. The Morgan fingerprint density at radius 1 is 1.56 bits per heavy atom. The average molecular weight is 261 g/mol. The molecule has 0 amide bonds. The maximum Gasteiger partial charge on any atom is 0.304 e. The Balaban J connectivity index is 1.88. The molecule has 18 heavy (non-hydrogen) atoms. The zero-order valence-electron chi connectivity index (χ0n) is 9.67. The van der Waals surface area contributed by atoms with Crippen LogP contribution >= 0.6 is 11.3 Å². The summed E-state index contributed by atoms with van der Waals surface area (Å²) in [5, 5.41) is 9.31. The van der Waals surface area contributed by atoms with Gasteiger partial charge in [-0.25, -0.2) is 9.50 Å². The first-order chi connectivity index (χ1) is 8.72. The van der Waals surface area contributed by atoms with Crippen molar-refractivity contribution in [3.63, 3.8) is 0 Å². The number of nitrogens with one attached hydrogen (secondary N) is 2. The molecule has 0 aliphatic heterocycles. The lowest BCUT2D eigenvalue weighted by molar-refractivity contribution is 0.918. The van der Waals surface area contributed by atoms with Crippen molar-refractivity contribution in [2.24, 2.45) is 0 Å². The van der Waals surface area contributed by atoms with E-state index in [-0.39, 0.29) is 4.87 Å². The second kappa shape index (κ2) is 4.26. The molecule has 0 aromatic carbocycles. The van der Waals surface area contributed by atoms with Crippen molar-refractivity contribution in [3.05, 3.63) is 44.9 Å². The van der Waals surface area contributed by atoms with Gasteiger partial charge in [-0.05, 0) is 13.0 Å². The Bertz CT molecular complexity index is 741. The van der Waals surface area contributed by atoms with Crippen LogP contribution in [-0.4, -0.2) is 19.6 Å². The van der Waals surface area contributed by atoms with Gasteiger partial charge in [0.05, 0.1) is 12.2 Å². The molecular formula is C11H11N5OS. The van der Waals surface area contributed by atoms with Crippen molar-refractivity contribution >= 4 is 22.7 Å². The second-order valence-electron chi connectivity index (χ2n) is 3.92. The van der Waals surface area contributed by atoms with Gasteiger partial charge >= 0.3 is 4.87 Å². The quantitative estimate of drug-likeness (QED) is 0.747. The van der Waals surface area contributed by atoms with Crippen molar-refractivity contribution in [1.82, 2.24) is 19.6 Å². The SMILES string of the molecule is Cc1cc2c(NCc3csc(=O)[nH]3)nccn2n1. The Hall–Kier alpha value is -2.15. The van der Waals surface area contributed by atoms with E-state index < -0.39 is 0 Å². The maximum atomic E-state index is 11.0. The molecule has 92 valence electrons. The first-order valence-corrected chi connectivity index (χ1v) is 6.32. The Morgan fingerprint density at radius 2 is 2.44 bits per heavy atom. The predicted octanol–water partition coefficient (Wildman–Crippen LogP) is 1.40. The zero-order valence-corrected chi connectivity index (χ0v) is 10.5. The monoisotopic (exact) mass is 261 g/mol. The van der Waals surface area contributed by atoms with E-state index in [4.69, 9.17) is 0 Å². The van der Waals surface area contributed by atoms with Crippen LogP contribution in [0, 0.1) is 6.92 Å². The summed E-state index contributed by atoms with van der Waals surface area (Å²) in [4.78, 5) is 18.0. The molecule has 3 aromatic rings. The number of aryl methyl sites for hydroxylation is 1. The Morgan fingerprint density at radius 3 is 3.22 bits per heavy atom. The third-order valence-electron chi connectivity index (χ3n) is 2.53. The molecule has 3 heterocycles. The van der Waals surface area contributed by atoms with Crippen molar-refractivity contribution in [1.29, 1.82) is 0 Å². The van der Waals surface area contributed by atoms with Crippen LogP contribution in [-0.2, 0) is 6.54 Å². The number of rotatable bonds is 3. The van der Waals surface area contributed by atoms with Gasteiger partial charge in [0.15, 0.2) is 5.82 Å². The van der Waals surface area contributed by atoms with Gasteiger partial charge in [0.25, 0.3) is 0 Å². The number of fused-ring (bicyclic) bond motifs is 1. The third-order valence-corrected chi connectivity index (χ3v) is 3.25. The molecule has 7 heteroatoms. The number of hydrogen-bond acceptors (Lipinski definition) is 5. The van der Waals surface area contributed by atoms with Gasteiger partial charge in [-0.15, -0.1) is 0 Å². The molecule has 0 aliphatic rings. The summed E-state index contributed by atoms with van der Waals surface area (Å²) >= 11 is 1.16. The van der Waals surface area contributed by atoms with Crippen molar-refractivity contribution < 1.29 is 0 Å². The molecule has 0 radical (unpaired) electrons. The second-order valence-corrected chi connectivity index (χ2v) is 4.76. The number of thiazole rings is 1. The van der Waals surface area contributed by atoms with E-state index in [1.165, 1.54) is 0 Å². The fraction of sp³-hybridized carbons (Fsp3) is 0.182. The molecule has 0 spiro atoms. The van der Waals surface area contributed by atoms with Crippen molar-refractivity contribution in [2.75, 3.05) is 5.32 Å². The van der Waals surface area contributed by atoms with Gasteiger partial charge in [0, 0.05) is 23.5 Å². The van der Waals surface area contributed by atoms with Crippen LogP contribution in [0.3, 0.4) is 0 Å².